The molecule has 96 valence electrons. The summed E-state index contributed by atoms with van der Waals surface area (Å²) in [6.45, 7) is 2.45. The van der Waals surface area contributed by atoms with E-state index in [1.165, 1.54) is 6.07 Å². The number of hydrogen-bond donors (Lipinski definition) is 1. The molecule has 3 rings (SSSR count). The number of halogens is 1. The van der Waals surface area contributed by atoms with Crippen molar-refractivity contribution in [2.45, 2.75) is 13.5 Å². The van der Waals surface area contributed by atoms with Gasteiger partial charge in [-0.3, -0.25) is 0 Å². The van der Waals surface area contributed by atoms with Crippen molar-refractivity contribution in [3.05, 3.63) is 65.6 Å². The smallest absolute Gasteiger partial charge is 0.147 e. The molecule has 0 saturated carbocycles. The third kappa shape index (κ3) is 2.32. The minimum atomic E-state index is -0.237. The van der Waals surface area contributed by atoms with Gasteiger partial charge in [-0.1, -0.05) is 24.3 Å². The second-order valence-corrected chi connectivity index (χ2v) is 4.58. The van der Waals surface area contributed by atoms with Crippen molar-refractivity contribution in [3.8, 4) is 5.75 Å². The topological polar surface area (TPSA) is 25.0 Å². The van der Waals surface area contributed by atoms with Crippen molar-refractivity contribution in [2.24, 2.45) is 0 Å². The lowest BCUT2D eigenvalue weighted by molar-refractivity contribution is 0.307. The molecule has 0 bridgehead atoms. The summed E-state index contributed by atoms with van der Waals surface area (Å²) in [7, 11) is 0. The Kier molecular flexibility index (Phi) is 2.95. The lowest BCUT2D eigenvalue weighted by atomic mass is 10.2. The fraction of sp³-hybridized carbons (Fsp3) is 0.125. The van der Waals surface area contributed by atoms with Gasteiger partial charge < -0.3 is 9.72 Å². The Morgan fingerprint density at radius 2 is 2.00 bits per heavy atom. The standard InChI is InChI=1S/C16H14FNO/c1-11-4-2-5-13(8-11)19-10-12-9-18-16-14(12)6-3-7-15(16)17/h2-9,18H,10H2,1H3. The van der Waals surface area contributed by atoms with Crippen molar-refractivity contribution in [1.82, 2.24) is 4.98 Å². The maximum absolute atomic E-state index is 13.5. The number of aromatic amines is 1. The first kappa shape index (κ1) is 11.8. The van der Waals surface area contributed by atoms with Crippen LogP contribution in [0.2, 0.25) is 0 Å². The number of aryl methyl sites for hydroxylation is 1. The zero-order valence-corrected chi connectivity index (χ0v) is 10.6. The van der Waals surface area contributed by atoms with Crippen LogP contribution in [-0.2, 0) is 6.61 Å². The Bertz CT molecular complexity index is 718. The molecular formula is C16H14FNO. The number of fused-ring (bicyclic) bond motifs is 1. The van der Waals surface area contributed by atoms with Crippen LogP contribution in [0.5, 0.6) is 5.75 Å². The van der Waals surface area contributed by atoms with E-state index in [2.05, 4.69) is 4.98 Å². The molecule has 3 heteroatoms. The summed E-state index contributed by atoms with van der Waals surface area (Å²) in [6.07, 6.45) is 1.80. The molecule has 2 nitrogen and oxygen atoms in total. The summed E-state index contributed by atoms with van der Waals surface area (Å²) in [5, 5.41) is 0.868. The van der Waals surface area contributed by atoms with Crippen LogP contribution in [-0.4, -0.2) is 4.98 Å². The highest BCUT2D eigenvalue weighted by Crippen LogP contribution is 2.22. The fourth-order valence-electron chi connectivity index (χ4n) is 2.16. The van der Waals surface area contributed by atoms with E-state index in [9.17, 15) is 4.39 Å². The number of hydrogen-bond acceptors (Lipinski definition) is 1. The monoisotopic (exact) mass is 255 g/mol. The SMILES string of the molecule is Cc1cccc(OCc2c[nH]c3c(F)cccc23)c1. The Hall–Kier alpha value is -2.29. The first-order chi connectivity index (χ1) is 9.24. The van der Waals surface area contributed by atoms with Gasteiger partial charge >= 0.3 is 0 Å². The molecule has 1 aromatic heterocycles. The third-order valence-corrected chi connectivity index (χ3v) is 3.13. The summed E-state index contributed by atoms with van der Waals surface area (Å²) >= 11 is 0. The summed E-state index contributed by atoms with van der Waals surface area (Å²) in [5.41, 5.74) is 2.64. The van der Waals surface area contributed by atoms with E-state index in [0.29, 0.717) is 12.1 Å². The number of rotatable bonds is 3. The van der Waals surface area contributed by atoms with Gasteiger partial charge in [0.1, 0.15) is 18.2 Å². The average Bonchev–Trinajstić information content (AvgIpc) is 2.81. The van der Waals surface area contributed by atoms with Crippen LogP contribution in [0.1, 0.15) is 11.1 Å². The van der Waals surface area contributed by atoms with Crippen LogP contribution in [0.4, 0.5) is 4.39 Å². The number of benzene rings is 2. The lowest BCUT2D eigenvalue weighted by Gasteiger charge is -2.06. The number of H-pyrrole nitrogens is 1. The molecule has 0 spiro atoms. The maximum atomic E-state index is 13.5. The van der Waals surface area contributed by atoms with Gasteiger partial charge in [0.05, 0.1) is 5.52 Å². The minimum Gasteiger partial charge on any atom is -0.489 e. The van der Waals surface area contributed by atoms with Crippen LogP contribution in [0, 0.1) is 12.7 Å². The van der Waals surface area contributed by atoms with Crippen LogP contribution in [0.3, 0.4) is 0 Å². The number of aromatic nitrogens is 1. The summed E-state index contributed by atoms with van der Waals surface area (Å²) in [5.74, 6) is 0.588. The van der Waals surface area contributed by atoms with E-state index in [1.54, 1.807) is 12.3 Å². The first-order valence-corrected chi connectivity index (χ1v) is 6.18. The largest absolute Gasteiger partial charge is 0.489 e. The van der Waals surface area contributed by atoms with Crippen molar-refractivity contribution < 1.29 is 9.13 Å². The first-order valence-electron chi connectivity index (χ1n) is 6.18. The Morgan fingerprint density at radius 1 is 1.16 bits per heavy atom. The zero-order valence-electron chi connectivity index (χ0n) is 10.6. The summed E-state index contributed by atoms with van der Waals surface area (Å²) in [4.78, 5) is 2.95. The third-order valence-electron chi connectivity index (χ3n) is 3.13. The lowest BCUT2D eigenvalue weighted by Crippen LogP contribution is -1.94. The highest BCUT2D eigenvalue weighted by Gasteiger charge is 2.07. The predicted octanol–water partition coefficient (Wildman–Crippen LogP) is 4.19. The van der Waals surface area contributed by atoms with Crippen LogP contribution in [0.15, 0.2) is 48.7 Å². The van der Waals surface area contributed by atoms with E-state index >= 15 is 0 Å². The molecule has 0 saturated heterocycles. The average molecular weight is 255 g/mol. The molecule has 1 heterocycles. The number of para-hydroxylation sites is 1. The highest BCUT2D eigenvalue weighted by atomic mass is 19.1. The van der Waals surface area contributed by atoms with Gasteiger partial charge in [-0.05, 0) is 30.7 Å². The molecule has 2 aromatic carbocycles. The van der Waals surface area contributed by atoms with E-state index in [1.807, 2.05) is 37.3 Å². The Morgan fingerprint density at radius 3 is 2.84 bits per heavy atom. The molecule has 1 N–H and O–H groups in total. The van der Waals surface area contributed by atoms with Gasteiger partial charge in [-0.2, -0.15) is 0 Å². The molecule has 0 unspecified atom stereocenters. The van der Waals surface area contributed by atoms with Gasteiger partial charge in [0.25, 0.3) is 0 Å². The van der Waals surface area contributed by atoms with Crippen LogP contribution in [0.25, 0.3) is 10.9 Å². The number of nitrogens with one attached hydrogen (secondary N) is 1. The normalized spacial score (nSPS) is 10.8. The van der Waals surface area contributed by atoms with Crippen molar-refractivity contribution >= 4 is 10.9 Å². The molecule has 0 radical (unpaired) electrons. The van der Waals surface area contributed by atoms with E-state index in [-0.39, 0.29) is 5.82 Å². The molecule has 0 aliphatic carbocycles. The summed E-state index contributed by atoms with van der Waals surface area (Å²) in [6, 6.07) is 12.9. The second-order valence-electron chi connectivity index (χ2n) is 4.58. The van der Waals surface area contributed by atoms with Crippen molar-refractivity contribution in [3.63, 3.8) is 0 Å². The van der Waals surface area contributed by atoms with Crippen LogP contribution >= 0.6 is 0 Å². The van der Waals surface area contributed by atoms with Crippen molar-refractivity contribution in [1.29, 1.82) is 0 Å². The second kappa shape index (κ2) is 4.76. The highest BCUT2D eigenvalue weighted by molar-refractivity contribution is 5.83. The fourth-order valence-corrected chi connectivity index (χ4v) is 2.16. The van der Waals surface area contributed by atoms with Gasteiger partial charge in [0, 0.05) is 17.1 Å². The maximum Gasteiger partial charge on any atom is 0.147 e. The zero-order chi connectivity index (χ0) is 13.2. The quantitative estimate of drug-likeness (QED) is 0.745. The van der Waals surface area contributed by atoms with Gasteiger partial charge in [0.2, 0.25) is 0 Å². The van der Waals surface area contributed by atoms with Gasteiger partial charge in [0.15, 0.2) is 0 Å². The molecule has 0 atom stereocenters. The molecule has 19 heavy (non-hydrogen) atoms. The Labute approximate surface area is 110 Å². The summed E-state index contributed by atoms with van der Waals surface area (Å²) < 4.78 is 19.3. The Balaban J connectivity index is 1.84. The van der Waals surface area contributed by atoms with E-state index in [0.717, 1.165) is 22.3 Å². The molecule has 0 aliphatic heterocycles. The molecule has 0 fully saturated rings. The van der Waals surface area contributed by atoms with E-state index < -0.39 is 0 Å². The van der Waals surface area contributed by atoms with Crippen molar-refractivity contribution in [2.75, 3.05) is 0 Å². The minimum absolute atomic E-state index is 0.237. The van der Waals surface area contributed by atoms with E-state index in [4.69, 9.17) is 4.74 Å². The van der Waals surface area contributed by atoms with Crippen LogP contribution < -0.4 is 4.74 Å². The predicted molar refractivity (Wildman–Crippen MR) is 73.8 cm³/mol. The molecule has 0 amide bonds. The molecule has 3 aromatic rings. The number of ether oxygens (including phenoxy) is 1. The molecular weight excluding hydrogens is 241 g/mol. The van der Waals surface area contributed by atoms with Gasteiger partial charge in [-0.15, -0.1) is 0 Å². The molecule has 0 aliphatic rings. The van der Waals surface area contributed by atoms with Gasteiger partial charge in [-0.25, -0.2) is 4.39 Å².